The number of esters is 1. The molecule has 3 heteroatoms. The van der Waals surface area contributed by atoms with E-state index in [2.05, 4.69) is 13.0 Å². The van der Waals surface area contributed by atoms with E-state index in [1.807, 2.05) is 19.9 Å². The lowest BCUT2D eigenvalue weighted by atomic mass is 9.79. The molecule has 0 aromatic heterocycles. The van der Waals surface area contributed by atoms with Crippen molar-refractivity contribution in [3.05, 3.63) is 23.3 Å². The molecule has 2 atom stereocenters. The van der Waals surface area contributed by atoms with Crippen molar-refractivity contribution in [3.63, 3.8) is 0 Å². The second-order valence-electron chi connectivity index (χ2n) is 5.92. The van der Waals surface area contributed by atoms with Crippen LogP contribution in [0.1, 0.15) is 53.4 Å². The van der Waals surface area contributed by atoms with Crippen molar-refractivity contribution in [3.8, 4) is 0 Å². The maximum atomic E-state index is 12.0. The highest BCUT2D eigenvalue weighted by atomic mass is 16.5. The molecule has 1 aliphatic carbocycles. The molecule has 1 rings (SSSR count). The number of hydrogen-bond donors (Lipinski definition) is 0. The minimum Gasteiger partial charge on any atom is -0.461 e. The Balaban J connectivity index is 2.36. The van der Waals surface area contributed by atoms with E-state index in [0.717, 1.165) is 31.3 Å². The Morgan fingerprint density at radius 3 is 2.80 bits per heavy atom. The Labute approximate surface area is 122 Å². The van der Waals surface area contributed by atoms with Crippen LogP contribution in [-0.2, 0) is 14.3 Å². The second-order valence-corrected chi connectivity index (χ2v) is 5.92. The van der Waals surface area contributed by atoms with Crippen molar-refractivity contribution in [2.75, 3.05) is 6.61 Å². The van der Waals surface area contributed by atoms with E-state index in [0.29, 0.717) is 18.3 Å². The van der Waals surface area contributed by atoms with E-state index in [1.54, 1.807) is 0 Å². The van der Waals surface area contributed by atoms with Crippen LogP contribution in [0.15, 0.2) is 23.3 Å². The third kappa shape index (κ3) is 5.72. The zero-order chi connectivity index (χ0) is 15.1. The fourth-order valence-corrected chi connectivity index (χ4v) is 2.58. The fraction of sp³-hybridized carbons (Fsp3) is 0.647. The fourth-order valence-electron chi connectivity index (χ4n) is 2.58. The Morgan fingerprint density at radius 1 is 1.50 bits per heavy atom. The quantitative estimate of drug-likeness (QED) is 0.547. The van der Waals surface area contributed by atoms with Crippen LogP contribution < -0.4 is 0 Å². The average molecular weight is 278 g/mol. The average Bonchev–Trinajstić information content (AvgIpc) is 2.36. The second kappa shape index (κ2) is 8.03. The maximum Gasteiger partial charge on any atom is 0.302 e. The largest absolute Gasteiger partial charge is 0.461 e. The first-order valence-electron chi connectivity index (χ1n) is 7.40. The predicted molar refractivity (Wildman–Crippen MR) is 80.3 cm³/mol. The van der Waals surface area contributed by atoms with Gasteiger partial charge in [-0.25, -0.2) is 0 Å². The number of carbonyl (C=O) groups excluding carboxylic acids is 2. The maximum absolute atomic E-state index is 12.0. The van der Waals surface area contributed by atoms with Gasteiger partial charge in [0, 0.05) is 12.8 Å². The van der Waals surface area contributed by atoms with Crippen LogP contribution in [-0.4, -0.2) is 18.4 Å². The molecule has 0 bridgehead atoms. The molecule has 0 radical (unpaired) electrons. The van der Waals surface area contributed by atoms with Gasteiger partial charge in [-0.15, -0.1) is 0 Å². The molecule has 0 heterocycles. The summed E-state index contributed by atoms with van der Waals surface area (Å²) in [6.45, 7) is 7.94. The normalized spacial score (nSPS) is 21.4. The molecule has 20 heavy (non-hydrogen) atoms. The van der Waals surface area contributed by atoms with Crippen LogP contribution in [0.4, 0.5) is 0 Å². The molecule has 3 nitrogen and oxygen atoms in total. The molecule has 112 valence electrons. The van der Waals surface area contributed by atoms with Crippen molar-refractivity contribution in [1.29, 1.82) is 0 Å². The lowest BCUT2D eigenvalue weighted by Gasteiger charge is -2.25. The molecular formula is C17H26O3. The molecule has 0 unspecified atom stereocenters. The zero-order valence-corrected chi connectivity index (χ0v) is 13.1. The van der Waals surface area contributed by atoms with Crippen LogP contribution in [0.5, 0.6) is 0 Å². The summed E-state index contributed by atoms with van der Waals surface area (Å²) in [6.07, 6.45) is 7.88. The topological polar surface area (TPSA) is 43.4 Å². The summed E-state index contributed by atoms with van der Waals surface area (Å²) in [5.41, 5.74) is 2.27. The van der Waals surface area contributed by atoms with Crippen LogP contribution in [0, 0.1) is 11.8 Å². The van der Waals surface area contributed by atoms with Gasteiger partial charge in [0.15, 0.2) is 5.78 Å². The van der Waals surface area contributed by atoms with Crippen LogP contribution in [0.2, 0.25) is 0 Å². The summed E-state index contributed by atoms with van der Waals surface area (Å²) >= 11 is 0. The molecule has 0 saturated heterocycles. The van der Waals surface area contributed by atoms with Gasteiger partial charge in [-0.05, 0) is 57.1 Å². The standard InChI is InChI=1S/C17H26O3/c1-12-8-9-16(17(19)10-12)14(3)7-5-6-13(2)11-20-15(4)18/h6,10,14,16H,5,7-9,11H2,1-4H3/b13-6+/t14-,16+/m1/s1. The minimum absolute atomic E-state index is 0.181. The molecule has 0 spiro atoms. The van der Waals surface area contributed by atoms with E-state index >= 15 is 0 Å². The lowest BCUT2D eigenvalue weighted by molar-refractivity contribution is -0.140. The van der Waals surface area contributed by atoms with Gasteiger partial charge < -0.3 is 4.74 Å². The third-order valence-electron chi connectivity index (χ3n) is 3.91. The van der Waals surface area contributed by atoms with Gasteiger partial charge in [-0.3, -0.25) is 9.59 Å². The van der Waals surface area contributed by atoms with Gasteiger partial charge in [0.05, 0.1) is 0 Å². The highest BCUT2D eigenvalue weighted by Crippen LogP contribution is 2.29. The summed E-state index contributed by atoms with van der Waals surface area (Å²) in [5.74, 6) is 0.633. The SMILES string of the molecule is CC(=O)OC/C(C)=C/CC[C@@H](C)[C@@H]1CCC(C)=CC1=O. The van der Waals surface area contributed by atoms with E-state index in [9.17, 15) is 9.59 Å². The van der Waals surface area contributed by atoms with Gasteiger partial charge >= 0.3 is 5.97 Å². The van der Waals surface area contributed by atoms with Gasteiger partial charge in [-0.2, -0.15) is 0 Å². The third-order valence-corrected chi connectivity index (χ3v) is 3.91. The summed E-state index contributed by atoms with van der Waals surface area (Å²) in [4.78, 5) is 22.7. The van der Waals surface area contributed by atoms with E-state index < -0.39 is 0 Å². The zero-order valence-electron chi connectivity index (χ0n) is 13.1. The molecule has 1 aliphatic rings. The highest BCUT2D eigenvalue weighted by Gasteiger charge is 2.25. The number of rotatable bonds is 6. The summed E-state index contributed by atoms with van der Waals surface area (Å²) < 4.78 is 4.94. The molecular weight excluding hydrogens is 252 g/mol. The first-order valence-corrected chi connectivity index (χ1v) is 7.40. The molecule has 0 aliphatic heterocycles. The highest BCUT2D eigenvalue weighted by molar-refractivity contribution is 5.93. The van der Waals surface area contributed by atoms with Crippen LogP contribution >= 0.6 is 0 Å². The van der Waals surface area contributed by atoms with Gasteiger partial charge in [-0.1, -0.05) is 18.6 Å². The monoisotopic (exact) mass is 278 g/mol. The lowest BCUT2D eigenvalue weighted by Crippen LogP contribution is -2.23. The van der Waals surface area contributed by atoms with Crippen LogP contribution in [0.3, 0.4) is 0 Å². The van der Waals surface area contributed by atoms with Crippen molar-refractivity contribution >= 4 is 11.8 Å². The van der Waals surface area contributed by atoms with Crippen molar-refractivity contribution in [2.45, 2.75) is 53.4 Å². The molecule has 0 aromatic rings. The molecule has 0 saturated carbocycles. The Kier molecular flexibility index (Phi) is 6.69. The Hall–Kier alpha value is -1.38. The molecule has 0 fully saturated rings. The van der Waals surface area contributed by atoms with Crippen LogP contribution in [0.25, 0.3) is 0 Å². The number of ether oxygens (including phenoxy) is 1. The summed E-state index contributed by atoms with van der Waals surface area (Å²) in [7, 11) is 0. The van der Waals surface area contributed by atoms with Crippen molar-refractivity contribution < 1.29 is 14.3 Å². The smallest absolute Gasteiger partial charge is 0.302 e. The number of ketones is 1. The first kappa shape index (κ1) is 16.7. The molecule has 0 N–H and O–H groups in total. The van der Waals surface area contributed by atoms with E-state index in [-0.39, 0.29) is 11.9 Å². The summed E-state index contributed by atoms with van der Waals surface area (Å²) in [5, 5.41) is 0. The van der Waals surface area contributed by atoms with Crippen molar-refractivity contribution in [2.24, 2.45) is 11.8 Å². The minimum atomic E-state index is -0.249. The van der Waals surface area contributed by atoms with Gasteiger partial charge in [0.2, 0.25) is 0 Å². The predicted octanol–water partition coefficient (Wildman–Crippen LogP) is 3.84. The van der Waals surface area contributed by atoms with E-state index in [4.69, 9.17) is 4.74 Å². The van der Waals surface area contributed by atoms with Gasteiger partial charge in [0.1, 0.15) is 6.61 Å². The number of carbonyl (C=O) groups is 2. The summed E-state index contributed by atoms with van der Waals surface area (Å²) in [6, 6.07) is 0. The number of hydrogen-bond acceptors (Lipinski definition) is 3. The molecule has 0 aromatic carbocycles. The Morgan fingerprint density at radius 2 is 2.20 bits per heavy atom. The van der Waals surface area contributed by atoms with Crippen molar-refractivity contribution in [1.82, 2.24) is 0 Å². The Bertz CT molecular complexity index is 418. The number of allylic oxidation sites excluding steroid dienone is 3. The molecule has 0 amide bonds. The van der Waals surface area contributed by atoms with E-state index in [1.165, 1.54) is 12.5 Å². The first-order chi connectivity index (χ1) is 9.40. The van der Waals surface area contributed by atoms with Gasteiger partial charge in [0.25, 0.3) is 0 Å².